The lowest BCUT2D eigenvalue weighted by molar-refractivity contribution is -0.123. The molecule has 1 aromatic heterocycles. The maximum Gasteiger partial charge on any atom is 0.267 e. The van der Waals surface area contributed by atoms with E-state index in [-0.39, 0.29) is 11.9 Å². The summed E-state index contributed by atoms with van der Waals surface area (Å²) in [5.41, 5.74) is 6.08. The first kappa shape index (κ1) is 27.4. The number of aliphatic imine (C=N–C) groups is 1. The van der Waals surface area contributed by atoms with Gasteiger partial charge in [-0.3, -0.25) is 9.69 Å². The predicted octanol–water partition coefficient (Wildman–Crippen LogP) is 9.67. The molecule has 1 fully saturated rings. The maximum atomic E-state index is 14.1. The highest BCUT2D eigenvalue weighted by atomic mass is 35.5. The zero-order valence-corrected chi connectivity index (χ0v) is 24.9. The number of carbonyl (C=O) groups excluding carboxylic acids is 1. The standard InChI is InChI=1S/C34H27Cl2N3OS/c1-22(25-11-5-3-6-12-25)39-33(40)32(41-34(39)37-26-13-7-4-8-14-26)20-28-23(2)38(31-16-10-9-15-27(28)31)21-24-17-18-29(35)30(36)19-24/h3-20,22H,21H2,1-2H3/b32-20+,37-34?/t22-/m1/s1. The lowest BCUT2D eigenvalue weighted by atomic mass is 10.1. The molecule has 0 saturated carbocycles. The van der Waals surface area contributed by atoms with E-state index in [1.165, 1.54) is 11.8 Å². The van der Waals surface area contributed by atoms with Gasteiger partial charge in [0.15, 0.2) is 5.17 Å². The van der Waals surface area contributed by atoms with Crippen molar-refractivity contribution in [3.63, 3.8) is 0 Å². The van der Waals surface area contributed by atoms with E-state index in [0.29, 0.717) is 26.7 Å². The number of amidine groups is 1. The van der Waals surface area contributed by atoms with Crippen LogP contribution in [0.15, 0.2) is 113 Å². The molecule has 1 aliphatic rings. The van der Waals surface area contributed by atoms with E-state index in [0.717, 1.165) is 39.0 Å². The summed E-state index contributed by atoms with van der Waals surface area (Å²) in [4.78, 5) is 21.4. The van der Waals surface area contributed by atoms with Crippen molar-refractivity contribution in [2.75, 3.05) is 0 Å². The Morgan fingerprint density at radius 3 is 2.29 bits per heavy atom. The highest BCUT2D eigenvalue weighted by Gasteiger charge is 2.37. The third kappa shape index (κ3) is 5.45. The number of rotatable bonds is 6. The van der Waals surface area contributed by atoms with Crippen molar-refractivity contribution in [2.45, 2.75) is 26.4 Å². The first-order chi connectivity index (χ1) is 19.9. The van der Waals surface area contributed by atoms with Crippen molar-refractivity contribution < 1.29 is 4.79 Å². The van der Waals surface area contributed by atoms with Gasteiger partial charge in [0, 0.05) is 28.7 Å². The second-order valence-electron chi connectivity index (χ2n) is 9.95. The maximum absolute atomic E-state index is 14.1. The van der Waals surface area contributed by atoms with E-state index < -0.39 is 0 Å². The Hall–Kier alpha value is -3.77. The SMILES string of the molecule is Cc1c(/C=C2/SC(=Nc3ccccc3)N([C@H](C)c3ccccc3)C2=O)c2ccccc2n1Cc1ccc(Cl)c(Cl)c1. The molecule has 0 unspecified atom stereocenters. The minimum absolute atomic E-state index is 0.0539. The smallest absolute Gasteiger partial charge is 0.267 e. The van der Waals surface area contributed by atoms with Crippen LogP contribution in [0.2, 0.25) is 10.0 Å². The molecule has 0 spiro atoms. The Bertz CT molecular complexity index is 1810. The first-order valence-corrected chi connectivity index (χ1v) is 14.9. The fourth-order valence-electron chi connectivity index (χ4n) is 5.20. The van der Waals surface area contributed by atoms with Crippen LogP contribution in [0.3, 0.4) is 0 Å². The van der Waals surface area contributed by atoms with E-state index in [4.69, 9.17) is 28.2 Å². The van der Waals surface area contributed by atoms with E-state index in [1.807, 2.05) is 109 Å². The number of benzene rings is 4. The number of hydrogen-bond donors (Lipinski definition) is 0. The van der Waals surface area contributed by atoms with Crippen LogP contribution < -0.4 is 0 Å². The van der Waals surface area contributed by atoms with Gasteiger partial charge in [-0.25, -0.2) is 4.99 Å². The van der Waals surface area contributed by atoms with Crippen LogP contribution in [0.25, 0.3) is 17.0 Å². The molecule has 0 radical (unpaired) electrons. The number of fused-ring (bicyclic) bond motifs is 1. The Kier molecular flexibility index (Phi) is 7.76. The van der Waals surface area contributed by atoms with Crippen LogP contribution in [0.1, 0.15) is 35.3 Å². The highest BCUT2D eigenvalue weighted by Crippen LogP contribution is 2.41. The number of para-hydroxylation sites is 2. The topological polar surface area (TPSA) is 37.6 Å². The van der Waals surface area contributed by atoms with Crippen molar-refractivity contribution in [3.8, 4) is 0 Å². The van der Waals surface area contributed by atoms with Crippen LogP contribution >= 0.6 is 35.0 Å². The molecule has 0 bridgehead atoms. The highest BCUT2D eigenvalue weighted by molar-refractivity contribution is 8.18. The van der Waals surface area contributed by atoms with Gasteiger partial charge >= 0.3 is 0 Å². The van der Waals surface area contributed by atoms with Gasteiger partial charge in [0.2, 0.25) is 0 Å². The summed E-state index contributed by atoms with van der Waals surface area (Å²) >= 11 is 13.9. The molecule has 1 atom stereocenters. The van der Waals surface area contributed by atoms with Gasteiger partial charge in [0.05, 0.1) is 26.7 Å². The molecule has 1 saturated heterocycles. The predicted molar refractivity (Wildman–Crippen MR) is 173 cm³/mol. The number of hydrogen-bond acceptors (Lipinski definition) is 3. The molecule has 7 heteroatoms. The van der Waals surface area contributed by atoms with E-state index in [1.54, 1.807) is 0 Å². The minimum Gasteiger partial charge on any atom is -0.340 e. The summed E-state index contributed by atoms with van der Waals surface area (Å²) in [7, 11) is 0. The third-order valence-electron chi connectivity index (χ3n) is 7.37. The number of halogens is 2. The number of carbonyl (C=O) groups is 1. The summed E-state index contributed by atoms with van der Waals surface area (Å²) in [6, 6.07) is 33.7. The third-order valence-corrected chi connectivity index (χ3v) is 9.09. The van der Waals surface area contributed by atoms with Gasteiger partial charge in [-0.05, 0) is 73.1 Å². The average molecular weight is 597 g/mol. The zero-order valence-electron chi connectivity index (χ0n) is 22.6. The molecule has 4 nitrogen and oxygen atoms in total. The van der Waals surface area contributed by atoms with E-state index in [2.05, 4.69) is 23.6 Å². The molecular weight excluding hydrogens is 569 g/mol. The summed E-state index contributed by atoms with van der Waals surface area (Å²) in [6.07, 6.45) is 2.02. The second kappa shape index (κ2) is 11.6. The van der Waals surface area contributed by atoms with Gasteiger partial charge in [-0.15, -0.1) is 0 Å². The zero-order chi connectivity index (χ0) is 28.5. The average Bonchev–Trinajstić information content (AvgIpc) is 3.44. The Morgan fingerprint density at radius 1 is 0.878 bits per heavy atom. The van der Waals surface area contributed by atoms with Gasteiger partial charge in [-0.1, -0.05) is 96.0 Å². The molecule has 41 heavy (non-hydrogen) atoms. The molecule has 1 aliphatic heterocycles. The molecular formula is C34H27Cl2N3OS. The molecule has 0 N–H and O–H groups in total. The fourth-order valence-corrected chi connectivity index (χ4v) is 6.57. The van der Waals surface area contributed by atoms with Crippen molar-refractivity contribution in [1.82, 2.24) is 9.47 Å². The molecule has 4 aromatic carbocycles. The molecule has 2 heterocycles. The van der Waals surface area contributed by atoms with Crippen LogP contribution in [-0.2, 0) is 11.3 Å². The van der Waals surface area contributed by atoms with Gasteiger partial charge in [-0.2, -0.15) is 0 Å². The van der Waals surface area contributed by atoms with Crippen molar-refractivity contribution in [1.29, 1.82) is 0 Å². The van der Waals surface area contributed by atoms with Crippen LogP contribution in [0, 0.1) is 6.92 Å². The van der Waals surface area contributed by atoms with Gasteiger partial charge in [0.25, 0.3) is 5.91 Å². The summed E-state index contributed by atoms with van der Waals surface area (Å²) in [5.74, 6) is -0.0539. The van der Waals surface area contributed by atoms with Crippen molar-refractivity contribution in [2.24, 2.45) is 4.99 Å². The van der Waals surface area contributed by atoms with Crippen LogP contribution in [0.5, 0.6) is 0 Å². The minimum atomic E-state index is -0.179. The lowest BCUT2D eigenvalue weighted by Gasteiger charge is -2.24. The second-order valence-corrected chi connectivity index (χ2v) is 11.8. The molecule has 1 amide bonds. The quantitative estimate of drug-likeness (QED) is 0.183. The van der Waals surface area contributed by atoms with E-state index >= 15 is 0 Å². The normalized spacial score (nSPS) is 16.3. The molecule has 0 aliphatic carbocycles. The Labute approximate surface area is 253 Å². The van der Waals surface area contributed by atoms with Crippen molar-refractivity contribution in [3.05, 3.63) is 140 Å². The largest absolute Gasteiger partial charge is 0.340 e. The molecule has 204 valence electrons. The van der Waals surface area contributed by atoms with Crippen LogP contribution in [0.4, 0.5) is 5.69 Å². The van der Waals surface area contributed by atoms with Crippen molar-refractivity contribution >= 4 is 68.7 Å². The number of nitrogens with zero attached hydrogens (tertiary/aromatic N) is 3. The number of thioether (sulfide) groups is 1. The molecule has 6 rings (SSSR count). The van der Waals surface area contributed by atoms with E-state index in [9.17, 15) is 4.79 Å². The van der Waals surface area contributed by atoms with Gasteiger partial charge in [0.1, 0.15) is 0 Å². The van der Waals surface area contributed by atoms with Crippen LogP contribution in [-0.4, -0.2) is 20.5 Å². The fraction of sp³-hybridized carbons (Fsp3) is 0.118. The molecule has 5 aromatic rings. The van der Waals surface area contributed by atoms with Gasteiger partial charge < -0.3 is 4.57 Å². The Morgan fingerprint density at radius 2 is 1.56 bits per heavy atom. The summed E-state index contributed by atoms with van der Waals surface area (Å²) in [5, 5.41) is 2.82. The summed E-state index contributed by atoms with van der Waals surface area (Å²) < 4.78 is 2.26. The number of amides is 1. The summed E-state index contributed by atoms with van der Waals surface area (Å²) in [6.45, 7) is 4.77. The monoisotopic (exact) mass is 595 g/mol. The first-order valence-electron chi connectivity index (χ1n) is 13.3. The Balaban J connectivity index is 1.44. The number of aromatic nitrogens is 1. The lowest BCUT2D eigenvalue weighted by Crippen LogP contribution is -2.32.